The van der Waals surface area contributed by atoms with Crippen molar-refractivity contribution in [1.82, 2.24) is 10.3 Å². The molecule has 0 bridgehead atoms. The first-order valence-electron chi connectivity index (χ1n) is 12.3. The topological polar surface area (TPSA) is 121 Å². The molecular weight excluding hydrogens is 476 g/mol. The van der Waals surface area contributed by atoms with E-state index in [4.69, 9.17) is 14.2 Å². The van der Waals surface area contributed by atoms with Crippen molar-refractivity contribution in [2.75, 3.05) is 13.7 Å². The van der Waals surface area contributed by atoms with Gasteiger partial charge in [0.1, 0.15) is 11.4 Å². The Morgan fingerprint density at radius 1 is 1.16 bits per heavy atom. The minimum absolute atomic E-state index is 0.0197. The maximum Gasteiger partial charge on any atom is 0.360 e. The third-order valence-electron chi connectivity index (χ3n) is 5.91. The Morgan fingerprint density at radius 2 is 1.92 bits per heavy atom. The number of unbranched alkanes of at least 4 members (excludes halogenated alkanes) is 1. The normalized spacial score (nSPS) is 13.3. The van der Waals surface area contributed by atoms with Crippen molar-refractivity contribution >= 4 is 30.2 Å². The molecule has 1 aliphatic carbocycles. The molecule has 196 valence electrons. The predicted molar refractivity (Wildman–Crippen MR) is 137 cm³/mol. The van der Waals surface area contributed by atoms with E-state index in [1.807, 2.05) is 6.92 Å². The monoisotopic (exact) mass is 508 g/mol. The summed E-state index contributed by atoms with van der Waals surface area (Å²) in [6.45, 7) is 7.63. The van der Waals surface area contributed by atoms with E-state index in [0.717, 1.165) is 19.3 Å². The predicted octanol–water partition coefficient (Wildman–Crippen LogP) is 4.59. The number of hydrogen-bond acceptors (Lipinski definition) is 8. The molecule has 2 aromatic rings. The van der Waals surface area contributed by atoms with Crippen LogP contribution in [-0.2, 0) is 14.3 Å². The fraction of sp³-hybridized carbons (Fsp3) is 0.393. The summed E-state index contributed by atoms with van der Waals surface area (Å²) in [6.07, 6.45) is 4.82. The van der Waals surface area contributed by atoms with Gasteiger partial charge < -0.3 is 19.5 Å². The number of carbonyl (C=O) groups is 4. The van der Waals surface area contributed by atoms with Crippen LogP contribution in [0.3, 0.4) is 0 Å². The zero-order valence-electron chi connectivity index (χ0n) is 21.4. The SMILES string of the molecule is C=Cc1cc(C=O)c(-c2ccc(C(=O)NCC3CC3)nc2C(=O)OC(C)OC(=O)CCCC)cc1OC. The van der Waals surface area contributed by atoms with Crippen LogP contribution in [0.1, 0.15) is 82.8 Å². The van der Waals surface area contributed by atoms with Crippen molar-refractivity contribution in [3.8, 4) is 16.9 Å². The average molecular weight is 509 g/mol. The van der Waals surface area contributed by atoms with Crippen molar-refractivity contribution in [3.05, 3.63) is 53.4 Å². The molecule has 1 saturated carbocycles. The number of hydrogen-bond donors (Lipinski definition) is 1. The van der Waals surface area contributed by atoms with E-state index in [9.17, 15) is 19.2 Å². The molecule has 0 radical (unpaired) electrons. The minimum Gasteiger partial charge on any atom is -0.496 e. The Labute approximate surface area is 216 Å². The van der Waals surface area contributed by atoms with Gasteiger partial charge in [-0.3, -0.25) is 14.4 Å². The van der Waals surface area contributed by atoms with Crippen LogP contribution in [0.2, 0.25) is 0 Å². The molecule has 1 aliphatic rings. The Hall–Kier alpha value is -4.01. The fourth-order valence-electron chi connectivity index (χ4n) is 3.69. The number of carbonyl (C=O) groups excluding carboxylic acids is 4. The summed E-state index contributed by atoms with van der Waals surface area (Å²) in [5, 5.41) is 2.82. The molecule has 9 heteroatoms. The quantitative estimate of drug-likeness (QED) is 0.237. The van der Waals surface area contributed by atoms with E-state index >= 15 is 0 Å². The van der Waals surface area contributed by atoms with E-state index in [1.165, 1.54) is 26.2 Å². The molecule has 1 aromatic carbocycles. The largest absolute Gasteiger partial charge is 0.496 e. The zero-order chi connectivity index (χ0) is 26.9. The highest BCUT2D eigenvalue weighted by molar-refractivity contribution is 6.01. The lowest BCUT2D eigenvalue weighted by atomic mass is 9.95. The summed E-state index contributed by atoms with van der Waals surface area (Å²) in [4.78, 5) is 54.1. The number of nitrogens with one attached hydrogen (secondary N) is 1. The molecule has 1 aromatic heterocycles. The molecule has 1 amide bonds. The first-order chi connectivity index (χ1) is 17.8. The Bertz CT molecular complexity index is 1190. The van der Waals surface area contributed by atoms with Gasteiger partial charge in [-0.25, -0.2) is 9.78 Å². The summed E-state index contributed by atoms with van der Waals surface area (Å²) in [6, 6.07) is 6.18. The van der Waals surface area contributed by atoms with Crippen molar-refractivity contribution in [1.29, 1.82) is 0 Å². The highest BCUT2D eigenvalue weighted by Crippen LogP contribution is 2.33. The number of rotatable bonds is 13. The highest BCUT2D eigenvalue weighted by Gasteiger charge is 2.26. The van der Waals surface area contributed by atoms with Gasteiger partial charge in [0, 0.05) is 36.6 Å². The number of amides is 1. The van der Waals surface area contributed by atoms with Crippen molar-refractivity contribution < 1.29 is 33.4 Å². The van der Waals surface area contributed by atoms with Crippen LogP contribution >= 0.6 is 0 Å². The van der Waals surface area contributed by atoms with Gasteiger partial charge in [-0.05, 0) is 55.0 Å². The molecule has 1 heterocycles. The molecule has 9 nitrogen and oxygen atoms in total. The van der Waals surface area contributed by atoms with Crippen LogP contribution in [-0.4, -0.2) is 49.1 Å². The number of pyridine rings is 1. The number of aromatic nitrogens is 1. The second-order valence-corrected chi connectivity index (χ2v) is 8.82. The molecule has 0 spiro atoms. The summed E-state index contributed by atoms with van der Waals surface area (Å²) >= 11 is 0. The third-order valence-corrected chi connectivity index (χ3v) is 5.91. The molecule has 1 atom stereocenters. The molecule has 1 N–H and O–H groups in total. The van der Waals surface area contributed by atoms with Crippen LogP contribution in [0.25, 0.3) is 17.2 Å². The number of methoxy groups -OCH3 is 1. The number of benzene rings is 1. The van der Waals surface area contributed by atoms with E-state index in [0.29, 0.717) is 42.0 Å². The second-order valence-electron chi connectivity index (χ2n) is 8.82. The first kappa shape index (κ1) is 27.6. The molecule has 3 rings (SSSR count). The Morgan fingerprint density at radius 3 is 2.54 bits per heavy atom. The second kappa shape index (κ2) is 12.8. The van der Waals surface area contributed by atoms with Crippen LogP contribution in [0.15, 0.2) is 30.8 Å². The van der Waals surface area contributed by atoms with Crippen molar-refractivity contribution in [2.24, 2.45) is 5.92 Å². The summed E-state index contributed by atoms with van der Waals surface area (Å²) in [5.74, 6) is -0.939. The molecular formula is C28H32N2O7. The Balaban J connectivity index is 1.99. The van der Waals surface area contributed by atoms with Crippen molar-refractivity contribution in [3.63, 3.8) is 0 Å². The van der Waals surface area contributed by atoms with E-state index in [-0.39, 0.29) is 28.9 Å². The van der Waals surface area contributed by atoms with Crippen molar-refractivity contribution in [2.45, 2.75) is 52.2 Å². The number of ether oxygens (including phenoxy) is 3. The number of esters is 2. The van der Waals surface area contributed by atoms with E-state index in [2.05, 4.69) is 16.9 Å². The maximum atomic E-state index is 13.2. The van der Waals surface area contributed by atoms with Gasteiger partial charge in [-0.2, -0.15) is 0 Å². The van der Waals surface area contributed by atoms with Crippen LogP contribution in [0.4, 0.5) is 0 Å². The molecule has 1 fully saturated rings. The van der Waals surface area contributed by atoms with Gasteiger partial charge in [0.2, 0.25) is 6.29 Å². The van der Waals surface area contributed by atoms with E-state index < -0.39 is 24.1 Å². The van der Waals surface area contributed by atoms with Gasteiger partial charge in [-0.15, -0.1) is 0 Å². The fourth-order valence-corrected chi connectivity index (χ4v) is 3.69. The summed E-state index contributed by atoms with van der Waals surface area (Å²) in [5.41, 5.74) is 1.28. The smallest absolute Gasteiger partial charge is 0.360 e. The van der Waals surface area contributed by atoms with Crippen LogP contribution in [0.5, 0.6) is 5.75 Å². The molecule has 0 saturated heterocycles. The lowest BCUT2D eigenvalue weighted by Crippen LogP contribution is -2.28. The lowest BCUT2D eigenvalue weighted by Gasteiger charge is -2.17. The van der Waals surface area contributed by atoms with Crippen LogP contribution < -0.4 is 10.1 Å². The van der Waals surface area contributed by atoms with E-state index in [1.54, 1.807) is 18.2 Å². The average Bonchev–Trinajstić information content (AvgIpc) is 3.73. The van der Waals surface area contributed by atoms with Gasteiger partial charge in [0.25, 0.3) is 5.91 Å². The van der Waals surface area contributed by atoms with Gasteiger partial charge in [0.15, 0.2) is 12.0 Å². The summed E-state index contributed by atoms with van der Waals surface area (Å²) in [7, 11) is 1.47. The lowest BCUT2D eigenvalue weighted by molar-refractivity contribution is -0.165. The molecule has 0 aliphatic heterocycles. The Kier molecular flexibility index (Phi) is 9.54. The first-order valence-corrected chi connectivity index (χ1v) is 12.3. The maximum absolute atomic E-state index is 13.2. The van der Waals surface area contributed by atoms with Crippen LogP contribution in [0, 0.1) is 5.92 Å². The number of aldehydes is 1. The molecule has 37 heavy (non-hydrogen) atoms. The van der Waals surface area contributed by atoms with Gasteiger partial charge >= 0.3 is 11.9 Å². The van der Waals surface area contributed by atoms with Gasteiger partial charge in [0.05, 0.1) is 7.11 Å². The third kappa shape index (κ3) is 7.25. The minimum atomic E-state index is -1.18. The zero-order valence-corrected chi connectivity index (χ0v) is 21.4. The highest BCUT2D eigenvalue weighted by atomic mass is 16.7. The molecule has 1 unspecified atom stereocenters. The van der Waals surface area contributed by atoms with Gasteiger partial charge in [-0.1, -0.05) is 26.0 Å². The summed E-state index contributed by atoms with van der Waals surface area (Å²) < 4.78 is 15.9. The standard InChI is InChI=1S/C28H32N2O7/c1-5-7-8-25(32)36-17(3)37-28(34)26-21(11-12-23(30-26)27(33)29-15-18-9-10-18)22-14-24(35-4)19(6-2)13-20(22)16-31/h6,11-14,16-18H,2,5,7-10,15H2,1,3-4H3,(H,29,33). The number of nitrogens with zero attached hydrogens (tertiary/aromatic N) is 1.